The summed E-state index contributed by atoms with van der Waals surface area (Å²) in [5.74, 6) is 0.901. The summed E-state index contributed by atoms with van der Waals surface area (Å²) in [5, 5.41) is 3.41. The van der Waals surface area contributed by atoms with Crippen molar-refractivity contribution in [2.45, 2.75) is 39.7 Å². The van der Waals surface area contributed by atoms with Gasteiger partial charge in [0.1, 0.15) is 0 Å². The predicted molar refractivity (Wildman–Crippen MR) is 70.4 cm³/mol. The molecule has 0 bridgehead atoms. The van der Waals surface area contributed by atoms with Gasteiger partial charge >= 0.3 is 0 Å². The number of hydrogen-bond acceptors (Lipinski definition) is 4. The minimum Gasteiger partial charge on any atom is -0.337 e. The second-order valence-electron chi connectivity index (χ2n) is 4.79. The topological polar surface area (TPSA) is 41.1 Å². The highest BCUT2D eigenvalue weighted by Crippen LogP contribution is 2.17. The molecule has 0 amide bonds. The SMILES string of the molecule is CCCN(c1nc(C)cc(C)n1)C1CCNC1. The monoisotopic (exact) mass is 234 g/mol. The van der Waals surface area contributed by atoms with Crippen molar-refractivity contribution in [3.05, 3.63) is 17.5 Å². The summed E-state index contributed by atoms with van der Waals surface area (Å²) in [4.78, 5) is 11.5. The Bertz CT molecular complexity index is 351. The summed E-state index contributed by atoms with van der Waals surface area (Å²) in [6.45, 7) is 9.48. The highest BCUT2D eigenvalue weighted by Gasteiger charge is 2.23. The molecule has 0 saturated carbocycles. The number of nitrogens with one attached hydrogen (secondary N) is 1. The summed E-state index contributed by atoms with van der Waals surface area (Å²) < 4.78 is 0. The lowest BCUT2D eigenvalue weighted by molar-refractivity contribution is 0.607. The van der Waals surface area contributed by atoms with Crippen LogP contribution in [0.3, 0.4) is 0 Å². The molecule has 1 aliphatic rings. The van der Waals surface area contributed by atoms with Gasteiger partial charge in [-0.1, -0.05) is 6.92 Å². The van der Waals surface area contributed by atoms with Gasteiger partial charge in [0.2, 0.25) is 5.95 Å². The molecule has 4 heteroatoms. The zero-order valence-electron chi connectivity index (χ0n) is 11.0. The number of nitrogens with zero attached hydrogens (tertiary/aromatic N) is 3. The Balaban J connectivity index is 2.24. The Hall–Kier alpha value is -1.16. The third-order valence-electron chi connectivity index (χ3n) is 3.17. The van der Waals surface area contributed by atoms with E-state index in [2.05, 4.69) is 27.1 Å². The lowest BCUT2D eigenvalue weighted by Crippen LogP contribution is -2.38. The van der Waals surface area contributed by atoms with E-state index in [1.165, 1.54) is 6.42 Å². The van der Waals surface area contributed by atoms with Crippen LogP contribution in [0.15, 0.2) is 6.07 Å². The molecule has 1 aliphatic heterocycles. The molecule has 2 heterocycles. The number of aryl methyl sites for hydroxylation is 2. The fourth-order valence-electron chi connectivity index (χ4n) is 2.43. The summed E-state index contributed by atoms with van der Waals surface area (Å²) in [6.07, 6.45) is 2.32. The van der Waals surface area contributed by atoms with Crippen molar-refractivity contribution >= 4 is 5.95 Å². The summed E-state index contributed by atoms with van der Waals surface area (Å²) in [5.41, 5.74) is 2.11. The van der Waals surface area contributed by atoms with Gasteiger partial charge in [0.05, 0.1) is 0 Å². The lowest BCUT2D eigenvalue weighted by atomic mass is 10.2. The van der Waals surface area contributed by atoms with E-state index in [1.807, 2.05) is 19.9 Å². The molecule has 0 aliphatic carbocycles. The van der Waals surface area contributed by atoms with Crippen LogP contribution in [0.25, 0.3) is 0 Å². The molecular formula is C13H22N4. The van der Waals surface area contributed by atoms with Gasteiger partial charge < -0.3 is 10.2 Å². The Morgan fingerprint density at radius 1 is 1.35 bits per heavy atom. The normalized spacial score (nSPS) is 19.6. The molecular weight excluding hydrogens is 212 g/mol. The van der Waals surface area contributed by atoms with Crippen LogP contribution in [-0.2, 0) is 0 Å². The first-order valence-electron chi connectivity index (χ1n) is 6.50. The van der Waals surface area contributed by atoms with Gasteiger partial charge in [-0.2, -0.15) is 0 Å². The van der Waals surface area contributed by atoms with Gasteiger partial charge in [-0.3, -0.25) is 0 Å². The second-order valence-corrected chi connectivity index (χ2v) is 4.79. The molecule has 2 rings (SSSR count). The number of aromatic nitrogens is 2. The fraction of sp³-hybridized carbons (Fsp3) is 0.692. The van der Waals surface area contributed by atoms with Gasteiger partial charge in [0.25, 0.3) is 0 Å². The van der Waals surface area contributed by atoms with Crippen molar-refractivity contribution < 1.29 is 0 Å². The average Bonchev–Trinajstić information content (AvgIpc) is 2.77. The second kappa shape index (κ2) is 5.45. The lowest BCUT2D eigenvalue weighted by Gasteiger charge is -2.28. The standard InChI is InChI=1S/C13H22N4/c1-4-7-17(12-5-6-14-9-12)13-15-10(2)8-11(3)16-13/h8,12,14H,4-7,9H2,1-3H3. The number of anilines is 1. The molecule has 1 aromatic heterocycles. The molecule has 1 aromatic rings. The van der Waals surface area contributed by atoms with Gasteiger partial charge in [-0.25, -0.2) is 9.97 Å². The average molecular weight is 234 g/mol. The molecule has 0 radical (unpaired) electrons. The van der Waals surface area contributed by atoms with Crippen LogP contribution in [-0.4, -0.2) is 35.6 Å². The molecule has 1 atom stereocenters. The predicted octanol–water partition coefficient (Wildman–Crippen LogP) is 1.67. The molecule has 1 unspecified atom stereocenters. The van der Waals surface area contributed by atoms with E-state index in [0.717, 1.165) is 43.4 Å². The molecule has 1 N–H and O–H groups in total. The largest absolute Gasteiger partial charge is 0.337 e. The van der Waals surface area contributed by atoms with E-state index in [9.17, 15) is 0 Å². The zero-order chi connectivity index (χ0) is 12.3. The van der Waals surface area contributed by atoms with E-state index in [-0.39, 0.29) is 0 Å². The molecule has 0 spiro atoms. The van der Waals surface area contributed by atoms with Gasteiger partial charge in [-0.05, 0) is 39.3 Å². The molecule has 94 valence electrons. The Morgan fingerprint density at radius 2 is 2.06 bits per heavy atom. The highest BCUT2D eigenvalue weighted by molar-refractivity contribution is 5.34. The van der Waals surface area contributed by atoms with Crippen LogP contribution >= 0.6 is 0 Å². The van der Waals surface area contributed by atoms with Crippen molar-refractivity contribution in [1.29, 1.82) is 0 Å². The van der Waals surface area contributed by atoms with E-state index in [1.54, 1.807) is 0 Å². The quantitative estimate of drug-likeness (QED) is 0.860. The maximum Gasteiger partial charge on any atom is 0.226 e. The minimum absolute atomic E-state index is 0.552. The third-order valence-corrected chi connectivity index (χ3v) is 3.17. The van der Waals surface area contributed by atoms with Crippen molar-refractivity contribution in [3.8, 4) is 0 Å². The van der Waals surface area contributed by atoms with Crippen LogP contribution in [0.4, 0.5) is 5.95 Å². The first kappa shape index (κ1) is 12.3. The molecule has 1 fully saturated rings. The summed E-state index contributed by atoms with van der Waals surface area (Å²) >= 11 is 0. The maximum absolute atomic E-state index is 4.58. The number of rotatable bonds is 4. The van der Waals surface area contributed by atoms with Gasteiger partial charge in [0.15, 0.2) is 0 Å². The molecule has 4 nitrogen and oxygen atoms in total. The first-order chi connectivity index (χ1) is 8.20. The summed E-state index contributed by atoms with van der Waals surface area (Å²) in [6, 6.07) is 2.58. The van der Waals surface area contributed by atoms with Crippen molar-refractivity contribution in [1.82, 2.24) is 15.3 Å². The molecule has 0 aromatic carbocycles. The smallest absolute Gasteiger partial charge is 0.226 e. The van der Waals surface area contributed by atoms with Crippen molar-refractivity contribution in [3.63, 3.8) is 0 Å². The van der Waals surface area contributed by atoms with E-state index < -0.39 is 0 Å². The molecule has 1 saturated heterocycles. The van der Waals surface area contributed by atoms with Crippen molar-refractivity contribution in [2.24, 2.45) is 0 Å². The Labute approximate surface area is 103 Å². The van der Waals surface area contributed by atoms with Crippen molar-refractivity contribution in [2.75, 3.05) is 24.5 Å². The van der Waals surface area contributed by atoms with E-state index in [0.29, 0.717) is 6.04 Å². The number of hydrogen-bond donors (Lipinski definition) is 1. The van der Waals surface area contributed by atoms with Crippen LogP contribution < -0.4 is 10.2 Å². The zero-order valence-corrected chi connectivity index (χ0v) is 11.0. The van der Waals surface area contributed by atoms with E-state index >= 15 is 0 Å². The Kier molecular flexibility index (Phi) is 3.94. The fourth-order valence-corrected chi connectivity index (χ4v) is 2.43. The Morgan fingerprint density at radius 3 is 2.59 bits per heavy atom. The molecule has 17 heavy (non-hydrogen) atoms. The minimum atomic E-state index is 0.552. The summed E-state index contributed by atoms with van der Waals surface area (Å²) in [7, 11) is 0. The first-order valence-corrected chi connectivity index (χ1v) is 6.50. The van der Waals surface area contributed by atoms with Gasteiger partial charge in [-0.15, -0.1) is 0 Å². The highest BCUT2D eigenvalue weighted by atomic mass is 15.3. The van der Waals surface area contributed by atoms with Gasteiger partial charge in [0, 0.05) is 30.5 Å². The van der Waals surface area contributed by atoms with Crippen LogP contribution in [0.1, 0.15) is 31.2 Å². The van der Waals surface area contributed by atoms with E-state index in [4.69, 9.17) is 0 Å². The van der Waals surface area contributed by atoms with Crippen LogP contribution in [0.2, 0.25) is 0 Å². The van der Waals surface area contributed by atoms with Crippen LogP contribution in [0.5, 0.6) is 0 Å². The maximum atomic E-state index is 4.58. The van der Waals surface area contributed by atoms with Crippen LogP contribution in [0, 0.1) is 13.8 Å². The third kappa shape index (κ3) is 2.94.